The molecule has 0 fully saturated rings. The number of aryl methyl sites for hydroxylation is 1. The van der Waals surface area contributed by atoms with Gasteiger partial charge in [0.2, 0.25) is 0 Å². The number of hydrogen-bond donors (Lipinski definition) is 0. The summed E-state index contributed by atoms with van der Waals surface area (Å²) in [4.78, 5) is 0. The van der Waals surface area contributed by atoms with E-state index >= 15 is 0 Å². The van der Waals surface area contributed by atoms with Gasteiger partial charge in [-0.05, 0) is 23.6 Å². The molecule has 0 amide bonds. The zero-order valence-electron chi connectivity index (χ0n) is 14.5. The summed E-state index contributed by atoms with van der Waals surface area (Å²) in [5, 5.41) is 0. The summed E-state index contributed by atoms with van der Waals surface area (Å²) in [5.41, 5.74) is 5.99. The number of rotatable bonds is 4. The minimum absolute atomic E-state index is 0.0323. The molecule has 0 nitrogen and oxygen atoms in total. The van der Waals surface area contributed by atoms with Crippen LogP contribution in [0.15, 0.2) is 108 Å². The highest BCUT2D eigenvalue weighted by Crippen LogP contribution is 2.67. The van der Waals surface area contributed by atoms with Crippen LogP contribution >= 0.6 is 0 Å². The Morgan fingerprint density at radius 2 is 1.04 bits per heavy atom. The van der Waals surface area contributed by atoms with Gasteiger partial charge in [-0.3, -0.25) is 0 Å². The molecule has 0 saturated heterocycles. The second kappa shape index (κ2) is 5.46. The lowest BCUT2D eigenvalue weighted by molar-refractivity contribution is 0.572. The predicted molar refractivity (Wildman–Crippen MR) is 105 cm³/mol. The minimum Gasteiger partial charge on any atom is -0.0761 e. The topological polar surface area (TPSA) is 0 Å². The van der Waals surface area contributed by atoms with E-state index in [1.807, 2.05) is 0 Å². The maximum atomic E-state index is 2.37. The van der Waals surface area contributed by atoms with Gasteiger partial charge in [-0.1, -0.05) is 103 Å². The monoisotopic (exact) mass is 322 g/mol. The molecular formula is C25H22. The van der Waals surface area contributed by atoms with Crippen LogP contribution in [0.25, 0.3) is 0 Å². The van der Waals surface area contributed by atoms with Crippen LogP contribution in [0, 0.1) is 24.7 Å². The highest BCUT2D eigenvalue weighted by atomic mass is 14.6. The Hall–Kier alpha value is -2.60. The van der Waals surface area contributed by atoms with Gasteiger partial charge in [0, 0.05) is 23.2 Å². The molecule has 1 aromatic carbocycles. The average Bonchev–Trinajstić information content (AvgIpc) is 3.24. The lowest BCUT2D eigenvalue weighted by atomic mass is 9.73. The Balaban J connectivity index is 1.68. The molecule has 0 atom stereocenters. The Labute approximate surface area is 150 Å². The van der Waals surface area contributed by atoms with E-state index in [0.717, 1.165) is 0 Å². The summed E-state index contributed by atoms with van der Waals surface area (Å²) in [7, 11) is 0. The highest BCUT2D eigenvalue weighted by molar-refractivity contribution is 5.71. The van der Waals surface area contributed by atoms with Crippen LogP contribution in [-0.2, 0) is 5.41 Å². The van der Waals surface area contributed by atoms with Crippen LogP contribution in [0.2, 0.25) is 0 Å². The Kier molecular flexibility index (Phi) is 3.21. The van der Waals surface area contributed by atoms with Crippen LogP contribution < -0.4 is 0 Å². The third-order valence-electron chi connectivity index (χ3n) is 5.99. The highest BCUT2D eigenvalue weighted by Gasteiger charge is 2.60. The molecule has 122 valence electrons. The first kappa shape index (κ1) is 14.7. The third kappa shape index (κ3) is 2.07. The van der Waals surface area contributed by atoms with Crippen LogP contribution in [0.1, 0.15) is 11.1 Å². The smallest absolute Gasteiger partial charge is 0.0492 e. The Morgan fingerprint density at radius 1 is 0.600 bits per heavy atom. The first-order chi connectivity index (χ1) is 12.3. The summed E-state index contributed by atoms with van der Waals surface area (Å²) < 4.78 is 0. The van der Waals surface area contributed by atoms with Crippen molar-refractivity contribution in [2.45, 2.75) is 12.3 Å². The Bertz CT molecular complexity index is 835. The summed E-state index contributed by atoms with van der Waals surface area (Å²) in [6, 6.07) is 9.20. The van der Waals surface area contributed by atoms with E-state index < -0.39 is 0 Å². The molecule has 0 bridgehead atoms. The van der Waals surface area contributed by atoms with E-state index in [-0.39, 0.29) is 5.41 Å². The molecule has 0 spiro atoms. The van der Waals surface area contributed by atoms with Crippen molar-refractivity contribution in [2.75, 3.05) is 0 Å². The van der Waals surface area contributed by atoms with Crippen molar-refractivity contribution < 1.29 is 0 Å². The lowest BCUT2D eigenvalue weighted by Gasteiger charge is -2.28. The second-order valence-corrected chi connectivity index (χ2v) is 7.39. The Morgan fingerprint density at radius 3 is 1.52 bits per heavy atom. The summed E-state index contributed by atoms with van der Waals surface area (Å²) in [6.45, 7) is 2.17. The molecule has 25 heavy (non-hydrogen) atoms. The van der Waals surface area contributed by atoms with Gasteiger partial charge in [0.05, 0.1) is 0 Å². The van der Waals surface area contributed by atoms with E-state index in [2.05, 4.69) is 104 Å². The fourth-order valence-electron chi connectivity index (χ4n) is 4.87. The van der Waals surface area contributed by atoms with Crippen LogP contribution in [-0.4, -0.2) is 0 Å². The molecule has 0 aliphatic heterocycles. The fraction of sp³-hybridized carbons (Fsp3) is 0.200. The fourth-order valence-corrected chi connectivity index (χ4v) is 4.87. The molecule has 4 aliphatic rings. The van der Waals surface area contributed by atoms with Crippen molar-refractivity contribution in [3.63, 3.8) is 0 Å². The molecule has 0 radical (unpaired) electrons. The van der Waals surface area contributed by atoms with E-state index in [1.165, 1.54) is 11.1 Å². The van der Waals surface area contributed by atoms with E-state index in [9.17, 15) is 0 Å². The quantitative estimate of drug-likeness (QED) is 0.617. The van der Waals surface area contributed by atoms with Crippen molar-refractivity contribution in [1.82, 2.24) is 0 Å². The lowest BCUT2D eigenvalue weighted by Crippen LogP contribution is -2.25. The molecule has 0 N–H and O–H groups in total. The van der Waals surface area contributed by atoms with Crippen molar-refractivity contribution in [1.29, 1.82) is 0 Å². The van der Waals surface area contributed by atoms with E-state index in [0.29, 0.717) is 17.8 Å². The summed E-state index contributed by atoms with van der Waals surface area (Å²) >= 11 is 0. The normalized spacial score (nSPS) is 23.7. The van der Waals surface area contributed by atoms with Gasteiger partial charge < -0.3 is 0 Å². The number of benzene rings is 1. The molecule has 0 unspecified atom stereocenters. The van der Waals surface area contributed by atoms with Crippen molar-refractivity contribution in [2.24, 2.45) is 17.8 Å². The number of hydrogen-bond acceptors (Lipinski definition) is 0. The first-order valence-electron chi connectivity index (χ1n) is 9.19. The predicted octanol–water partition coefficient (Wildman–Crippen LogP) is 5.77. The average molecular weight is 322 g/mol. The largest absolute Gasteiger partial charge is 0.0761 e. The van der Waals surface area contributed by atoms with Crippen LogP contribution in [0.4, 0.5) is 0 Å². The molecule has 0 heterocycles. The zero-order valence-corrected chi connectivity index (χ0v) is 14.5. The van der Waals surface area contributed by atoms with E-state index in [4.69, 9.17) is 0 Å². The molecule has 1 aromatic rings. The van der Waals surface area contributed by atoms with Crippen molar-refractivity contribution >= 4 is 0 Å². The maximum Gasteiger partial charge on any atom is 0.0492 e. The minimum atomic E-state index is 0.0323. The zero-order chi connectivity index (χ0) is 16.9. The molecule has 0 aromatic heterocycles. The molecule has 5 rings (SSSR count). The maximum absolute atomic E-state index is 2.37. The second-order valence-electron chi connectivity index (χ2n) is 7.39. The standard InChI is InChI=1S/C25H22/c1-18-14-16-22(17-15-18)25(21-12-6-7-13-21)23(19-8-2-3-9-19)24(25)20-10-4-5-11-20/h2-17,19-21H,1H3. The summed E-state index contributed by atoms with van der Waals surface area (Å²) in [6.07, 6.45) is 27.3. The van der Waals surface area contributed by atoms with Crippen molar-refractivity contribution in [3.05, 3.63) is 119 Å². The third-order valence-corrected chi connectivity index (χ3v) is 5.99. The van der Waals surface area contributed by atoms with Crippen LogP contribution in [0.5, 0.6) is 0 Å². The van der Waals surface area contributed by atoms with Gasteiger partial charge in [-0.2, -0.15) is 0 Å². The first-order valence-corrected chi connectivity index (χ1v) is 9.19. The van der Waals surface area contributed by atoms with Gasteiger partial charge in [0.15, 0.2) is 0 Å². The van der Waals surface area contributed by atoms with Gasteiger partial charge in [-0.15, -0.1) is 0 Å². The van der Waals surface area contributed by atoms with Gasteiger partial charge in [0.1, 0.15) is 0 Å². The van der Waals surface area contributed by atoms with E-state index in [1.54, 1.807) is 11.1 Å². The summed E-state index contributed by atoms with van der Waals surface area (Å²) in [5.74, 6) is 1.28. The van der Waals surface area contributed by atoms with Crippen molar-refractivity contribution in [3.8, 4) is 0 Å². The molecule has 0 saturated carbocycles. The SMILES string of the molecule is Cc1ccc(C2(C3C=CC=C3)C(C3C=CC=C3)=C2C2C=CC=C2)cc1. The van der Waals surface area contributed by atoms with Gasteiger partial charge in [0.25, 0.3) is 0 Å². The molecule has 0 heteroatoms. The molecule has 4 aliphatic carbocycles. The number of allylic oxidation sites excluding steroid dienone is 14. The molecular weight excluding hydrogens is 300 g/mol. The van der Waals surface area contributed by atoms with Gasteiger partial charge >= 0.3 is 0 Å². The van der Waals surface area contributed by atoms with Crippen LogP contribution in [0.3, 0.4) is 0 Å². The van der Waals surface area contributed by atoms with Gasteiger partial charge in [-0.25, -0.2) is 0 Å².